The lowest BCUT2D eigenvalue weighted by molar-refractivity contribution is -0.146. The first-order valence-corrected chi connectivity index (χ1v) is 5.64. The summed E-state index contributed by atoms with van der Waals surface area (Å²) in [4.78, 5) is 10.9. The van der Waals surface area contributed by atoms with Crippen LogP contribution in [0, 0.1) is 10.8 Å². The van der Waals surface area contributed by atoms with E-state index >= 15 is 0 Å². The highest BCUT2D eigenvalue weighted by Gasteiger charge is 2.27. The fraction of sp³-hybridized carbons (Fsp3) is 0.917. The van der Waals surface area contributed by atoms with E-state index in [2.05, 4.69) is 19.2 Å². The smallest absolute Gasteiger partial charge is 0.310 e. The quantitative estimate of drug-likeness (QED) is 0.668. The zero-order valence-corrected chi connectivity index (χ0v) is 11.1. The number of aliphatic carboxylic acids is 1. The Hall–Kier alpha value is -0.610. The second-order valence-corrected chi connectivity index (χ2v) is 5.70. The molecule has 0 heterocycles. The van der Waals surface area contributed by atoms with Crippen molar-refractivity contribution in [2.45, 2.75) is 34.1 Å². The summed E-state index contributed by atoms with van der Waals surface area (Å²) in [6.07, 6.45) is 0.962. The largest absolute Gasteiger partial charge is 0.481 e. The van der Waals surface area contributed by atoms with Gasteiger partial charge in [0.1, 0.15) is 0 Å². The molecule has 0 amide bonds. The van der Waals surface area contributed by atoms with Gasteiger partial charge in [-0.1, -0.05) is 13.8 Å². The summed E-state index contributed by atoms with van der Waals surface area (Å²) >= 11 is 0. The van der Waals surface area contributed by atoms with Gasteiger partial charge in [-0.2, -0.15) is 0 Å². The van der Waals surface area contributed by atoms with Gasteiger partial charge in [0.25, 0.3) is 0 Å². The summed E-state index contributed by atoms with van der Waals surface area (Å²) in [7, 11) is 1.69. The lowest BCUT2D eigenvalue weighted by atomic mass is 9.88. The molecule has 0 aliphatic heterocycles. The molecule has 16 heavy (non-hydrogen) atoms. The Balaban J connectivity index is 3.93. The maximum Gasteiger partial charge on any atom is 0.310 e. The molecule has 0 fully saturated rings. The van der Waals surface area contributed by atoms with Gasteiger partial charge in [-0.3, -0.25) is 4.79 Å². The number of nitrogens with one attached hydrogen (secondary N) is 1. The normalized spacial score (nSPS) is 12.8. The number of carbonyl (C=O) groups is 1. The fourth-order valence-corrected chi connectivity index (χ4v) is 1.26. The van der Waals surface area contributed by atoms with Gasteiger partial charge in [-0.25, -0.2) is 0 Å². The van der Waals surface area contributed by atoms with Crippen molar-refractivity contribution in [1.29, 1.82) is 0 Å². The third-order valence-corrected chi connectivity index (χ3v) is 2.73. The number of carboxylic acids is 1. The Morgan fingerprint density at radius 1 is 1.25 bits per heavy atom. The maximum absolute atomic E-state index is 10.9. The third kappa shape index (κ3) is 6.08. The summed E-state index contributed by atoms with van der Waals surface area (Å²) in [5, 5.41) is 12.2. The Bertz CT molecular complexity index is 224. The monoisotopic (exact) mass is 231 g/mol. The second-order valence-electron chi connectivity index (χ2n) is 5.70. The zero-order valence-electron chi connectivity index (χ0n) is 11.1. The Morgan fingerprint density at radius 3 is 2.25 bits per heavy atom. The van der Waals surface area contributed by atoms with E-state index in [0.717, 1.165) is 19.6 Å². The van der Waals surface area contributed by atoms with Crippen LogP contribution in [0.4, 0.5) is 0 Å². The predicted molar refractivity (Wildman–Crippen MR) is 64.6 cm³/mol. The lowest BCUT2D eigenvalue weighted by Gasteiger charge is -2.27. The highest BCUT2D eigenvalue weighted by Crippen LogP contribution is 2.20. The molecule has 4 nitrogen and oxygen atoms in total. The van der Waals surface area contributed by atoms with E-state index in [9.17, 15) is 4.79 Å². The van der Waals surface area contributed by atoms with Crippen LogP contribution >= 0.6 is 0 Å². The van der Waals surface area contributed by atoms with E-state index in [-0.39, 0.29) is 5.41 Å². The first-order valence-electron chi connectivity index (χ1n) is 5.64. The molecule has 96 valence electrons. The summed E-state index contributed by atoms with van der Waals surface area (Å²) < 4.78 is 5.04. The van der Waals surface area contributed by atoms with Crippen LogP contribution in [0.1, 0.15) is 34.1 Å². The highest BCUT2D eigenvalue weighted by molar-refractivity contribution is 5.73. The standard InChI is InChI=1S/C12H25NO3/c1-11(2,6-7-16-5)8-13-9-12(3,4)10(14)15/h13H,6-9H2,1-5H3,(H,14,15). The number of methoxy groups -OCH3 is 1. The molecule has 0 unspecified atom stereocenters. The Labute approximate surface area is 98.4 Å². The molecule has 2 N–H and O–H groups in total. The van der Waals surface area contributed by atoms with E-state index in [1.165, 1.54) is 0 Å². The van der Waals surface area contributed by atoms with Gasteiger partial charge in [0, 0.05) is 26.8 Å². The van der Waals surface area contributed by atoms with Crippen molar-refractivity contribution in [3.05, 3.63) is 0 Å². The van der Waals surface area contributed by atoms with Crippen LogP contribution in [0.15, 0.2) is 0 Å². The van der Waals surface area contributed by atoms with Gasteiger partial charge < -0.3 is 15.2 Å². The second kappa shape index (κ2) is 6.21. The van der Waals surface area contributed by atoms with Gasteiger partial charge in [-0.15, -0.1) is 0 Å². The van der Waals surface area contributed by atoms with Crippen molar-refractivity contribution >= 4 is 5.97 Å². The average molecular weight is 231 g/mol. The van der Waals surface area contributed by atoms with Crippen LogP contribution < -0.4 is 5.32 Å². The first-order chi connectivity index (χ1) is 7.21. The van der Waals surface area contributed by atoms with Crippen LogP contribution in [0.5, 0.6) is 0 Å². The van der Waals surface area contributed by atoms with E-state index in [4.69, 9.17) is 9.84 Å². The SMILES string of the molecule is COCCC(C)(C)CNCC(C)(C)C(=O)O. The van der Waals surface area contributed by atoms with Gasteiger partial charge in [0.2, 0.25) is 0 Å². The number of carboxylic acid groups (broad SMARTS) is 1. The Morgan fingerprint density at radius 2 is 1.81 bits per heavy atom. The van der Waals surface area contributed by atoms with Gasteiger partial charge in [0.15, 0.2) is 0 Å². The van der Waals surface area contributed by atoms with Crippen LogP contribution in [-0.4, -0.2) is 37.9 Å². The molecule has 0 aliphatic carbocycles. The van der Waals surface area contributed by atoms with E-state index in [1.54, 1.807) is 21.0 Å². The number of rotatable bonds is 8. The van der Waals surface area contributed by atoms with Gasteiger partial charge >= 0.3 is 5.97 Å². The number of hydrogen-bond acceptors (Lipinski definition) is 3. The zero-order chi connectivity index (χ0) is 12.8. The molecule has 0 spiro atoms. The minimum Gasteiger partial charge on any atom is -0.481 e. The van der Waals surface area contributed by atoms with Crippen molar-refractivity contribution in [2.24, 2.45) is 10.8 Å². The minimum atomic E-state index is -0.769. The number of ether oxygens (including phenoxy) is 1. The lowest BCUT2D eigenvalue weighted by Crippen LogP contribution is -2.40. The summed E-state index contributed by atoms with van der Waals surface area (Å²) in [6, 6.07) is 0. The first kappa shape index (κ1) is 15.4. The van der Waals surface area contributed by atoms with Crippen LogP contribution in [0.2, 0.25) is 0 Å². The molecule has 0 aromatic rings. The molecule has 4 heteroatoms. The third-order valence-electron chi connectivity index (χ3n) is 2.73. The summed E-state index contributed by atoms with van der Waals surface area (Å²) in [6.45, 7) is 9.76. The molecule has 0 aromatic carbocycles. The van der Waals surface area contributed by atoms with Crippen molar-refractivity contribution < 1.29 is 14.6 Å². The van der Waals surface area contributed by atoms with Gasteiger partial charge in [-0.05, 0) is 25.7 Å². The maximum atomic E-state index is 10.9. The van der Waals surface area contributed by atoms with Crippen molar-refractivity contribution in [2.75, 3.05) is 26.8 Å². The van der Waals surface area contributed by atoms with Gasteiger partial charge in [0.05, 0.1) is 5.41 Å². The molecule has 0 rings (SSSR count). The summed E-state index contributed by atoms with van der Waals surface area (Å²) in [5.74, 6) is -0.769. The number of hydrogen-bond donors (Lipinski definition) is 2. The minimum absolute atomic E-state index is 0.130. The highest BCUT2D eigenvalue weighted by atomic mass is 16.5. The van der Waals surface area contributed by atoms with Crippen LogP contribution in [0.25, 0.3) is 0 Å². The molecule has 0 bridgehead atoms. The molecular weight excluding hydrogens is 206 g/mol. The molecule has 0 saturated carbocycles. The molecule has 0 radical (unpaired) electrons. The Kier molecular flexibility index (Phi) is 5.97. The molecule has 0 saturated heterocycles. The van der Waals surface area contributed by atoms with Crippen molar-refractivity contribution in [3.63, 3.8) is 0 Å². The van der Waals surface area contributed by atoms with Crippen molar-refractivity contribution in [3.8, 4) is 0 Å². The van der Waals surface area contributed by atoms with Crippen LogP contribution in [0.3, 0.4) is 0 Å². The van der Waals surface area contributed by atoms with Crippen molar-refractivity contribution in [1.82, 2.24) is 5.32 Å². The molecule has 0 atom stereocenters. The van der Waals surface area contributed by atoms with E-state index < -0.39 is 11.4 Å². The molecular formula is C12H25NO3. The predicted octanol–water partition coefficient (Wildman–Crippen LogP) is 1.75. The van der Waals surface area contributed by atoms with E-state index in [1.807, 2.05) is 0 Å². The summed E-state index contributed by atoms with van der Waals surface area (Å²) in [5.41, 5.74) is -0.581. The van der Waals surface area contributed by atoms with E-state index in [0.29, 0.717) is 6.54 Å². The topological polar surface area (TPSA) is 58.6 Å². The average Bonchev–Trinajstić information content (AvgIpc) is 2.14. The molecule has 0 aliphatic rings. The van der Waals surface area contributed by atoms with Crippen LogP contribution in [-0.2, 0) is 9.53 Å². The fourth-order valence-electron chi connectivity index (χ4n) is 1.26. The molecule has 0 aromatic heterocycles.